The summed E-state index contributed by atoms with van der Waals surface area (Å²) in [5, 5.41) is 4.37. The van der Waals surface area contributed by atoms with Gasteiger partial charge in [0.25, 0.3) is 0 Å². The minimum absolute atomic E-state index is 0.518. The lowest BCUT2D eigenvalue weighted by molar-refractivity contribution is 0.477. The molecule has 1 aliphatic carbocycles. The Kier molecular flexibility index (Phi) is 3.95. The molecule has 1 unspecified atom stereocenters. The first-order valence-corrected chi connectivity index (χ1v) is 9.35. The molecule has 0 saturated carbocycles. The number of rotatable bonds is 4. The van der Waals surface area contributed by atoms with E-state index >= 15 is 0 Å². The van der Waals surface area contributed by atoms with Crippen molar-refractivity contribution in [1.29, 1.82) is 0 Å². The van der Waals surface area contributed by atoms with Crippen molar-refractivity contribution >= 4 is 11.0 Å². The molecule has 3 heteroatoms. The van der Waals surface area contributed by atoms with Crippen LogP contribution in [0, 0.1) is 0 Å². The third-order valence-electron chi connectivity index (χ3n) is 5.32. The number of ether oxygens (including phenoxy) is 1. The van der Waals surface area contributed by atoms with E-state index in [1.165, 1.54) is 11.1 Å². The molecular formula is C24H21NO2. The number of fused-ring (bicyclic) bond motifs is 2. The molecule has 0 saturated heterocycles. The second kappa shape index (κ2) is 6.60. The van der Waals surface area contributed by atoms with Gasteiger partial charge in [-0.05, 0) is 55.3 Å². The van der Waals surface area contributed by atoms with Crippen molar-refractivity contribution in [3.05, 3.63) is 83.9 Å². The zero-order valence-electron chi connectivity index (χ0n) is 15.2. The van der Waals surface area contributed by atoms with Gasteiger partial charge in [0.2, 0.25) is 0 Å². The first kappa shape index (κ1) is 16.2. The number of para-hydroxylation sites is 1. The van der Waals surface area contributed by atoms with Gasteiger partial charge < -0.3 is 14.5 Å². The van der Waals surface area contributed by atoms with Gasteiger partial charge >= 0.3 is 0 Å². The molecule has 27 heavy (non-hydrogen) atoms. The maximum absolute atomic E-state index is 6.40. The molecule has 0 amide bonds. The Morgan fingerprint density at radius 1 is 0.889 bits per heavy atom. The van der Waals surface area contributed by atoms with Gasteiger partial charge in [0.05, 0.1) is 5.39 Å². The summed E-state index contributed by atoms with van der Waals surface area (Å²) in [5.41, 5.74) is 4.62. The van der Waals surface area contributed by atoms with Gasteiger partial charge in [-0.25, -0.2) is 0 Å². The Balaban J connectivity index is 1.58. The van der Waals surface area contributed by atoms with E-state index in [2.05, 4.69) is 23.5 Å². The van der Waals surface area contributed by atoms with Gasteiger partial charge in [-0.15, -0.1) is 0 Å². The summed E-state index contributed by atoms with van der Waals surface area (Å²) >= 11 is 0. The molecule has 1 heterocycles. The second-order valence-corrected chi connectivity index (χ2v) is 7.05. The number of benzene rings is 3. The summed E-state index contributed by atoms with van der Waals surface area (Å²) in [5.74, 6) is 2.40. The van der Waals surface area contributed by atoms with Gasteiger partial charge in [0, 0.05) is 11.6 Å². The molecule has 1 aromatic heterocycles. The monoisotopic (exact) mass is 355 g/mol. The summed E-state index contributed by atoms with van der Waals surface area (Å²) in [6.07, 6.45) is 2.12. The summed E-state index contributed by atoms with van der Waals surface area (Å²) in [7, 11) is 2.03. The maximum atomic E-state index is 6.40. The molecule has 0 aliphatic heterocycles. The Morgan fingerprint density at radius 3 is 2.52 bits per heavy atom. The molecule has 1 atom stereocenters. The number of hydrogen-bond donors (Lipinski definition) is 1. The van der Waals surface area contributed by atoms with Crippen molar-refractivity contribution in [2.45, 2.75) is 18.9 Å². The summed E-state index contributed by atoms with van der Waals surface area (Å²) in [6, 6.07) is 25.1. The summed E-state index contributed by atoms with van der Waals surface area (Å²) in [6.45, 7) is 0. The Hall–Kier alpha value is -3.04. The van der Waals surface area contributed by atoms with Crippen LogP contribution in [-0.2, 0) is 12.8 Å². The third kappa shape index (κ3) is 2.90. The number of hydrogen-bond acceptors (Lipinski definition) is 3. The fourth-order valence-electron chi connectivity index (χ4n) is 3.88. The zero-order chi connectivity index (χ0) is 18.2. The van der Waals surface area contributed by atoms with Crippen LogP contribution >= 0.6 is 0 Å². The fourth-order valence-corrected chi connectivity index (χ4v) is 3.88. The third-order valence-corrected chi connectivity index (χ3v) is 5.32. The fraction of sp³-hybridized carbons (Fsp3) is 0.167. The number of likely N-dealkylation sites (N-methyl/N-ethyl adjacent to an activating group) is 1. The van der Waals surface area contributed by atoms with Crippen molar-refractivity contribution in [2.75, 3.05) is 7.05 Å². The lowest BCUT2D eigenvalue weighted by Crippen LogP contribution is -2.24. The minimum Gasteiger partial charge on any atom is -0.453 e. The predicted molar refractivity (Wildman–Crippen MR) is 108 cm³/mol. The standard InChI is InChI=1S/C24H21NO2/c1-25-19-13-17-11-12-20(15-18(17)14-19)26-24-21-9-5-6-10-22(21)27-23(24)16-7-3-2-4-8-16/h2-12,15,19,25H,13-14H2,1H3. The molecule has 3 nitrogen and oxygen atoms in total. The van der Waals surface area contributed by atoms with Crippen LogP contribution in [-0.4, -0.2) is 13.1 Å². The van der Waals surface area contributed by atoms with Crippen LogP contribution in [0.2, 0.25) is 0 Å². The smallest absolute Gasteiger partial charge is 0.181 e. The van der Waals surface area contributed by atoms with Crippen LogP contribution < -0.4 is 10.1 Å². The van der Waals surface area contributed by atoms with E-state index in [-0.39, 0.29) is 0 Å². The lowest BCUT2D eigenvalue weighted by Gasteiger charge is -2.08. The van der Waals surface area contributed by atoms with Gasteiger partial charge in [-0.3, -0.25) is 0 Å². The van der Waals surface area contributed by atoms with Crippen LogP contribution in [0.1, 0.15) is 11.1 Å². The van der Waals surface area contributed by atoms with Crippen LogP contribution in [0.4, 0.5) is 0 Å². The van der Waals surface area contributed by atoms with Crippen molar-refractivity contribution in [1.82, 2.24) is 5.32 Å². The van der Waals surface area contributed by atoms with E-state index in [9.17, 15) is 0 Å². The first-order valence-electron chi connectivity index (χ1n) is 9.35. The van der Waals surface area contributed by atoms with E-state index in [0.717, 1.165) is 46.6 Å². The van der Waals surface area contributed by atoms with E-state index < -0.39 is 0 Å². The molecule has 1 N–H and O–H groups in total. The average molecular weight is 355 g/mol. The number of furan rings is 1. The quantitative estimate of drug-likeness (QED) is 0.519. The van der Waals surface area contributed by atoms with Gasteiger partial charge in [0.15, 0.2) is 11.5 Å². The molecule has 0 spiro atoms. The second-order valence-electron chi connectivity index (χ2n) is 7.05. The topological polar surface area (TPSA) is 34.4 Å². The molecule has 0 radical (unpaired) electrons. The predicted octanol–water partition coefficient (Wildman–Crippen LogP) is 5.58. The van der Waals surface area contributed by atoms with Gasteiger partial charge in [-0.1, -0.05) is 48.5 Å². The van der Waals surface area contributed by atoms with E-state index in [4.69, 9.17) is 9.15 Å². The first-order chi connectivity index (χ1) is 13.3. The largest absolute Gasteiger partial charge is 0.453 e. The van der Waals surface area contributed by atoms with Gasteiger partial charge in [-0.2, -0.15) is 0 Å². The summed E-state index contributed by atoms with van der Waals surface area (Å²) < 4.78 is 12.5. The van der Waals surface area contributed by atoms with Gasteiger partial charge in [0.1, 0.15) is 11.3 Å². The highest BCUT2D eigenvalue weighted by molar-refractivity contribution is 5.91. The Labute approximate surface area is 158 Å². The highest BCUT2D eigenvalue weighted by Crippen LogP contribution is 2.42. The van der Waals surface area contributed by atoms with Crippen LogP contribution in [0.15, 0.2) is 77.2 Å². The molecule has 3 aromatic carbocycles. The molecule has 5 rings (SSSR count). The molecular weight excluding hydrogens is 334 g/mol. The summed E-state index contributed by atoms with van der Waals surface area (Å²) in [4.78, 5) is 0. The van der Waals surface area contributed by atoms with Crippen LogP contribution in [0.25, 0.3) is 22.3 Å². The van der Waals surface area contributed by atoms with Crippen LogP contribution in [0.3, 0.4) is 0 Å². The van der Waals surface area contributed by atoms with Crippen molar-refractivity contribution in [3.8, 4) is 22.8 Å². The molecule has 0 bridgehead atoms. The van der Waals surface area contributed by atoms with Crippen molar-refractivity contribution in [2.24, 2.45) is 0 Å². The lowest BCUT2D eigenvalue weighted by atomic mass is 10.1. The molecule has 134 valence electrons. The van der Waals surface area contributed by atoms with E-state index in [1.807, 2.05) is 61.6 Å². The van der Waals surface area contributed by atoms with Crippen molar-refractivity contribution in [3.63, 3.8) is 0 Å². The molecule has 4 aromatic rings. The highest BCUT2D eigenvalue weighted by Gasteiger charge is 2.22. The van der Waals surface area contributed by atoms with E-state index in [0.29, 0.717) is 6.04 Å². The number of nitrogens with one attached hydrogen (secondary N) is 1. The zero-order valence-corrected chi connectivity index (χ0v) is 15.2. The molecule has 1 aliphatic rings. The SMILES string of the molecule is CNC1Cc2ccc(Oc3c(-c4ccccc4)oc4ccccc34)cc2C1. The van der Waals surface area contributed by atoms with Crippen molar-refractivity contribution < 1.29 is 9.15 Å². The minimum atomic E-state index is 0.518. The van der Waals surface area contributed by atoms with E-state index in [1.54, 1.807) is 0 Å². The average Bonchev–Trinajstić information content (AvgIpc) is 3.30. The Morgan fingerprint density at radius 2 is 1.67 bits per heavy atom. The normalized spacial score (nSPS) is 15.8. The highest BCUT2D eigenvalue weighted by atomic mass is 16.5. The maximum Gasteiger partial charge on any atom is 0.181 e. The van der Waals surface area contributed by atoms with Crippen LogP contribution in [0.5, 0.6) is 11.5 Å². The molecule has 0 fully saturated rings. The Bertz CT molecular complexity index is 1100.